The van der Waals surface area contributed by atoms with Crippen LogP contribution in [0.4, 0.5) is 0 Å². The van der Waals surface area contributed by atoms with Crippen molar-refractivity contribution in [1.29, 1.82) is 5.26 Å². The Morgan fingerprint density at radius 1 is 1.27 bits per heavy atom. The number of thioether (sulfide) groups is 1. The fourth-order valence-electron chi connectivity index (χ4n) is 2.24. The van der Waals surface area contributed by atoms with Gasteiger partial charge in [0, 0.05) is 10.8 Å². The summed E-state index contributed by atoms with van der Waals surface area (Å²) in [6.45, 7) is 0.476. The van der Waals surface area contributed by atoms with Gasteiger partial charge in [0.05, 0.1) is 30.9 Å². The van der Waals surface area contributed by atoms with E-state index in [1.807, 2.05) is 6.07 Å². The van der Waals surface area contributed by atoms with Crippen LogP contribution < -0.4 is 9.47 Å². The van der Waals surface area contributed by atoms with Crippen molar-refractivity contribution in [3.63, 3.8) is 0 Å². The van der Waals surface area contributed by atoms with E-state index in [0.29, 0.717) is 45.4 Å². The number of aromatic amines is 1. The van der Waals surface area contributed by atoms with Crippen molar-refractivity contribution in [3.05, 3.63) is 53.1 Å². The summed E-state index contributed by atoms with van der Waals surface area (Å²) in [5, 5.41) is 17.2. The van der Waals surface area contributed by atoms with E-state index in [-0.39, 0.29) is 0 Å². The van der Waals surface area contributed by atoms with E-state index in [4.69, 9.17) is 26.3 Å². The second-order valence-electron chi connectivity index (χ2n) is 5.15. The molecule has 0 atom stereocenters. The Labute approximate surface area is 160 Å². The van der Waals surface area contributed by atoms with Crippen molar-refractivity contribution in [2.45, 2.75) is 5.16 Å². The molecule has 0 unspecified atom stereocenters. The Balaban J connectivity index is 1.57. The smallest absolute Gasteiger partial charge is 0.208 e. The molecule has 3 aromatic rings. The topological polar surface area (TPSA) is 83.8 Å². The molecule has 0 saturated carbocycles. The number of nitrogens with zero attached hydrogens (tertiary/aromatic N) is 3. The van der Waals surface area contributed by atoms with E-state index in [0.717, 1.165) is 5.56 Å². The summed E-state index contributed by atoms with van der Waals surface area (Å²) in [5.74, 6) is 2.60. The molecule has 1 aromatic heterocycles. The fraction of sp³-hybridized carbons (Fsp3) is 0.167. The molecule has 2 aromatic carbocycles. The fourth-order valence-corrected chi connectivity index (χ4v) is 3.03. The molecular weight excluding hydrogens is 372 g/mol. The minimum atomic E-state index is 0.476. The highest BCUT2D eigenvalue weighted by Gasteiger charge is 2.12. The maximum Gasteiger partial charge on any atom is 0.208 e. The van der Waals surface area contributed by atoms with Crippen LogP contribution in [0, 0.1) is 11.3 Å². The number of hydrogen-bond acceptors (Lipinski definition) is 6. The molecule has 8 heteroatoms. The van der Waals surface area contributed by atoms with Crippen LogP contribution in [0.3, 0.4) is 0 Å². The number of nitriles is 1. The summed E-state index contributed by atoms with van der Waals surface area (Å²) in [7, 11) is 1.59. The zero-order valence-electron chi connectivity index (χ0n) is 13.9. The lowest BCUT2D eigenvalue weighted by molar-refractivity contribution is 0.344. The van der Waals surface area contributed by atoms with E-state index >= 15 is 0 Å². The van der Waals surface area contributed by atoms with Gasteiger partial charge in [0.25, 0.3) is 0 Å². The van der Waals surface area contributed by atoms with E-state index in [1.54, 1.807) is 43.5 Å². The molecule has 26 heavy (non-hydrogen) atoms. The minimum absolute atomic E-state index is 0.476. The van der Waals surface area contributed by atoms with E-state index in [1.165, 1.54) is 11.8 Å². The van der Waals surface area contributed by atoms with Gasteiger partial charge in [-0.05, 0) is 36.4 Å². The maximum atomic E-state index is 8.89. The third kappa shape index (κ3) is 4.48. The van der Waals surface area contributed by atoms with Crippen molar-refractivity contribution >= 4 is 23.4 Å². The molecule has 1 N–H and O–H groups in total. The Morgan fingerprint density at radius 2 is 2.15 bits per heavy atom. The van der Waals surface area contributed by atoms with Crippen LogP contribution in [0.15, 0.2) is 47.6 Å². The first kappa shape index (κ1) is 18.1. The van der Waals surface area contributed by atoms with Gasteiger partial charge in [-0.1, -0.05) is 29.4 Å². The molecule has 0 bridgehead atoms. The number of aromatic nitrogens is 3. The van der Waals surface area contributed by atoms with Gasteiger partial charge in [-0.3, -0.25) is 5.10 Å². The van der Waals surface area contributed by atoms with Gasteiger partial charge in [-0.25, -0.2) is 4.98 Å². The second kappa shape index (κ2) is 8.61. The number of ether oxygens (including phenoxy) is 2. The molecule has 0 saturated heterocycles. The van der Waals surface area contributed by atoms with Crippen molar-refractivity contribution in [2.24, 2.45) is 0 Å². The number of halogens is 1. The first-order chi connectivity index (χ1) is 12.7. The van der Waals surface area contributed by atoms with Gasteiger partial charge in [-0.2, -0.15) is 5.26 Å². The molecule has 3 rings (SSSR count). The van der Waals surface area contributed by atoms with Gasteiger partial charge in [0.1, 0.15) is 11.5 Å². The summed E-state index contributed by atoms with van der Waals surface area (Å²) in [6.07, 6.45) is 0. The summed E-state index contributed by atoms with van der Waals surface area (Å²) in [6, 6.07) is 14.5. The van der Waals surface area contributed by atoms with E-state index in [2.05, 4.69) is 21.3 Å². The quantitative estimate of drug-likeness (QED) is 0.484. The summed E-state index contributed by atoms with van der Waals surface area (Å²) < 4.78 is 11.0. The average molecular weight is 387 g/mol. The highest BCUT2D eigenvalue weighted by molar-refractivity contribution is 7.99. The molecule has 132 valence electrons. The molecule has 0 aliphatic carbocycles. The number of H-pyrrole nitrogens is 1. The molecule has 0 aliphatic rings. The Kier molecular flexibility index (Phi) is 6.00. The molecule has 0 radical (unpaired) electrons. The lowest BCUT2D eigenvalue weighted by Gasteiger charge is -2.05. The van der Waals surface area contributed by atoms with Crippen LogP contribution in [-0.4, -0.2) is 34.7 Å². The molecule has 0 fully saturated rings. The Hall–Kier alpha value is -2.69. The van der Waals surface area contributed by atoms with Crippen LogP contribution in [0.2, 0.25) is 5.02 Å². The average Bonchev–Trinajstić information content (AvgIpc) is 3.14. The minimum Gasteiger partial charge on any atom is -0.496 e. The summed E-state index contributed by atoms with van der Waals surface area (Å²) in [4.78, 5) is 4.46. The molecule has 1 heterocycles. The molecule has 0 spiro atoms. The van der Waals surface area contributed by atoms with Gasteiger partial charge >= 0.3 is 0 Å². The van der Waals surface area contributed by atoms with Crippen LogP contribution in [0.25, 0.3) is 11.4 Å². The predicted octanol–water partition coefficient (Wildman–Crippen LogP) is 4.18. The van der Waals surface area contributed by atoms with Gasteiger partial charge in [-0.15, -0.1) is 5.10 Å². The maximum absolute atomic E-state index is 8.89. The Bertz CT molecular complexity index is 939. The number of benzene rings is 2. The van der Waals surface area contributed by atoms with Crippen LogP contribution >= 0.6 is 23.4 Å². The van der Waals surface area contributed by atoms with Crippen molar-refractivity contribution in [2.75, 3.05) is 19.5 Å². The van der Waals surface area contributed by atoms with Crippen molar-refractivity contribution in [1.82, 2.24) is 15.2 Å². The zero-order valence-corrected chi connectivity index (χ0v) is 15.5. The first-order valence-electron chi connectivity index (χ1n) is 7.71. The zero-order chi connectivity index (χ0) is 18.4. The van der Waals surface area contributed by atoms with Gasteiger partial charge in [0.15, 0.2) is 5.82 Å². The van der Waals surface area contributed by atoms with Crippen LogP contribution in [0.5, 0.6) is 11.5 Å². The predicted molar refractivity (Wildman–Crippen MR) is 101 cm³/mol. The van der Waals surface area contributed by atoms with Crippen LogP contribution in [0.1, 0.15) is 5.56 Å². The summed E-state index contributed by atoms with van der Waals surface area (Å²) in [5.41, 5.74) is 1.33. The highest BCUT2D eigenvalue weighted by atomic mass is 35.5. The monoisotopic (exact) mass is 386 g/mol. The molecule has 0 amide bonds. The first-order valence-corrected chi connectivity index (χ1v) is 9.08. The van der Waals surface area contributed by atoms with Crippen molar-refractivity contribution in [3.8, 4) is 29.0 Å². The highest BCUT2D eigenvalue weighted by Crippen LogP contribution is 2.31. The molecule has 0 aliphatic heterocycles. The standard InChI is InChI=1S/C18H15ClN4O2S/c1-24-16-6-5-13(19)10-15(16)17-21-18(23-22-17)26-8-7-25-14-4-2-3-12(9-14)11-20/h2-6,9-10H,7-8H2,1H3,(H,21,22,23). The van der Waals surface area contributed by atoms with Gasteiger partial charge in [0.2, 0.25) is 5.16 Å². The lowest BCUT2D eigenvalue weighted by atomic mass is 10.2. The molecular formula is C18H15ClN4O2S. The van der Waals surface area contributed by atoms with Gasteiger partial charge < -0.3 is 9.47 Å². The SMILES string of the molecule is COc1ccc(Cl)cc1-c1nc(SCCOc2cccc(C#N)c2)n[nH]1. The Morgan fingerprint density at radius 3 is 2.96 bits per heavy atom. The second-order valence-corrected chi connectivity index (χ2v) is 6.65. The molecule has 6 nitrogen and oxygen atoms in total. The normalized spacial score (nSPS) is 10.3. The largest absolute Gasteiger partial charge is 0.496 e. The summed E-state index contributed by atoms with van der Waals surface area (Å²) >= 11 is 7.52. The number of rotatable bonds is 7. The third-order valence-corrected chi connectivity index (χ3v) is 4.47. The van der Waals surface area contributed by atoms with E-state index in [9.17, 15) is 0 Å². The number of hydrogen-bond donors (Lipinski definition) is 1. The number of nitrogens with one attached hydrogen (secondary N) is 1. The third-order valence-electron chi connectivity index (χ3n) is 3.43. The van der Waals surface area contributed by atoms with Crippen molar-refractivity contribution < 1.29 is 9.47 Å². The number of methoxy groups -OCH3 is 1. The lowest BCUT2D eigenvalue weighted by Crippen LogP contribution is -2.00. The van der Waals surface area contributed by atoms with Crippen LogP contribution in [-0.2, 0) is 0 Å². The van der Waals surface area contributed by atoms with E-state index < -0.39 is 0 Å².